The van der Waals surface area contributed by atoms with Crippen molar-refractivity contribution in [1.29, 1.82) is 5.41 Å². The lowest BCUT2D eigenvalue weighted by Crippen LogP contribution is -2.09. The zero-order valence-electron chi connectivity index (χ0n) is 2.86. The SMILES string of the molecule is N=C(N)CP. The third kappa shape index (κ3) is 3.90. The molecule has 1 unspecified atom stereocenters. The van der Waals surface area contributed by atoms with E-state index in [0.29, 0.717) is 6.16 Å². The number of rotatable bonds is 1. The fourth-order valence-corrected chi connectivity index (χ4v) is 0. The fraction of sp³-hybridized carbons (Fsp3) is 0.500. The van der Waals surface area contributed by atoms with Gasteiger partial charge in [-0.1, -0.05) is 0 Å². The molecular weight excluding hydrogens is 83.0 g/mol. The molecule has 0 aliphatic rings. The van der Waals surface area contributed by atoms with Crippen LogP contribution in [0.5, 0.6) is 0 Å². The molecule has 5 heavy (non-hydrogen) atoms. The minimum atomic E-state index is 0.218. The molecule has 0 rings (SSSR count). The average molecular weight is 90.1 g/mol. The minimum Gasteiger partial charge on any atom is -0.387 e. The van der Waals surface area contributed by atoms with E-state index in [1.165, 1.54) is 0 Å². The van der Waals surface area contributed by atoms with E-state index in [4.69, 9.17) is 11.1 Å². The molecule has 30 valence electrons. The molecule has 0 radical (unpaired) electrons. The largest absolute Gasteiger partial charge is 0.387 e. The van der Waals surface area contributed by atoms with Crippen LogP contribution < -0.4 is 5.73 Å². The van der Waals surface area contributed by atoms with E-state index in [1.807, 2.05) is 0 Å². The third-order valence-corrected chi connectivity index (χ3v) is 0.660. The summed E-state index contributed by atoms with van der Waals surface area (Å²) in [5.74, 6) is 0.218. The number of nitrogens with two attached hydrogens (primary N) is 1. The Bertz CT molecular complexity index is 42.9. The van der Waals surface area contributed by atoms with Gasteiger partial charge in [0, 0.05) is 6.16 Å². The quantitative estimate of drug-likeness (QED) is 0.261. The van der Waals surface area contributed by atoms with Crippen LogP contribution in [0.2, 0.25) is 0 Å². The zero-order valence-corrected chi connectivity index (χ0v) is 4.02. The molecule has 0 aromatic rings. The van der Waals surface area contributed by atoms with Gasteiger partial charge >= 0.3 is 0 Å². The maximum atomic E-state index is 6.50. The summed E-state index contributed by atoms with van der Waals surface area (Å²) >= 11 is 0. The van der Waals surface area contributed by atoms with Gasteiger partial charge in [-0.15, -0.1) is 9.24 Å². The number of nitrogens with one attached hydrogen (secondary N) is 1. The maximum absolute atomic E-state index is 6.50. The first-order valence-corrected chi connectivity index (χ1v) is 2.12. The second kappa shape index (κ2) is 2.16. The summed E-state index contributed by atoms with van der Waals surface area (Å²) in [5, 5.41) is 6.50. The summed E-state index contributed by atoms with van der Waals surface area (Å²) in [6.45, 7) is 0. The summed E-state index contributed by atoms with van der Waals surface area (Å²) in [6.07, 6.45) is 0.583. The van der Waals surface area contributed by atoms with Gasteiger partial charge in [-0.25, -0.2) is 0 Å². The van der Waals surface area contributed by atoms with Crippen molar-refractivity contribution in [3.05, 3.63) is 0 Å². The van der Waals surface area contributed by atoms with Crippen molar-refractivity contribution in [2.45, 2.75) is 0 Å². The van der Waals surface area contributed by atoms with Crippen molar-refractivity contribution in [3.63, 3.8) is 0 Å². The predicted octanol–water partition coefficient (Wildman–Crippen LogP) is -0.203. The van der Waals surface area contributed by atoms with E-state index in [9.17, 15) is 0 Å². The highest BCUT2D eigenvalue weighted by atomic mass is 31.0. The molecule has 0 aromatic heterocycles. The Labute approximate surface area is 33.5 Å². The Morgan fingerprint density at radius 1 is 2.00 bits per heavy atom. The normalized spacial score (nSPS) is 7.40. The summed E-state index contributed by atoms with van der Waals surface area (Å²) in [6, 6.07) is 0. The Morgan fingerprint density at radius 2 is 2.20 bits per heavy atom. The third-order valence-electron chi connectivity index (χ3n) is 0.220. The molecule has 0 amide bonds. The second-order valence-electron chi connectivity index (χ2n) is 0.729. The number of hydrogen-bond donors (Lipinski definition) is 2. The molecule has 0 saturated carbocycles. The molecule has 0 spiro atoms. The second-order valence-corrected chi connectivity index (χ2v) is 1.14. The topological polar surface area (TPSA) is 49.9 Å². The van der Waals surface area contributed by atoms with Gasteiger partial charge in [0.2, 0.25) is 0 Å². The zero-order chi connectivity index (χ0) is 4.28. The highest BCUT2D eigenvalue weighted by molar-refractivity contribution is 7.18. The predicted molar refractivity (Wildman–Crippen MR) is 26.5 cm³/mol. The summed E-state index contributed by atoms with van der Waals surface area (Å²) in [4.78, 5) is 0. The monoisotopic (exact) mass is 90.0 g/mol. The summed E-state index contributed by atoms with van der Waals surface area (Å²) in [7, 11) is 2.34. The van der Waals surface area contributed by atoms with Gasteiger partial charge < -0.3 is 5.73 Å². The van der Waals surface area contributed by atoms with Crippen molar-refractivity contribution >= 4 is 15.1 Å². The van der Waals surface area contributed by atoms with E-state index >= 15 is 0 Å². The van der Waals surface area contributed by atoms with Crippen LogP contribution in [0.3, 0.4) is 0 Å². The van der Waals surface area contributed by atoms with Crippen LogP contribution >= 0.6 is 9.24 Å². The van der Waals surface area contributed by atoms with E-state index in [2.05, 4.69) is 9.24 Å². The Kier molecular flexibility index (Phi) is 2.11. The molecule has 1 atom stereocenters. The van der Waals surface area contributed by atoms with Crippen LogP contribution in [-0.4, -0.2) is 12.0 Å². The van der Waals surface area contributed by atoms with Crippen molar-refractivity contribution < 1.29 is 0 Å². The first-order valence-electron chi connectivity index (χ1n) is 1.30. The molecule has 3 N–H and O–H groups in total. The van der Waals surface area contributed by atoms with Gasteiger partial charge in [0.1, 0.15) is 0 Å². The van der Waals surface area contributed by atoms with Crippen LogP contribution in [0.25, 0.3) is 0 Å². The smallest absolute Gasteiger partial charge is 0.0944 e. The Balaban J connectivity index is 2.85. The highest BCUT2D eigenvalue weighted by Crippen LogP contribution is 1.72. The minimum absolute atomic E-state index is 0.218. The molecule has 0 aromatic carbocycles. The molecule has 0 aliphatic heterocycles. The molecule has 0 aliphatic carbocycles. The molecule has 2 nitrogen and oxygen atoms in total. The van der Waals surface area contributed by atoms with Gasteiger partial charge in [0.25, 0.3) is 0 Å². The lowest BCUT2D eigenvalue weighted by molar-refractivity contribution is 1.43. The van der Waals surface area contributed by atoms with Gasteiger partial charge in [-0.2, -0.15) is 0 Å². The van der Waals surface area contributed by atoms with E-state index in [-0.39, 0.29) is 5.84 Å². The van der Waals surface area contributed by atoms with Crippen LogP contribution in [-0.2, 0) is 0 Å². The van der Waals surface area contributed by atoms with Crippen molar-refractivity contribution in [1.82, 2.24) is 0 Å². The van der Waals surface area contributed by atoms with Gasteiger partial charge in [-0.05, 0) is 0 Å². The van der Waals surface area contributed by atoms with E-state index < -0.39 is 0 Å². The summed E-state index contributed by atoms with van der Waals surface area (Å²) < 4.78 is 0. The van der Waals surface area contributed by atoms with Crippen molar-refractivity contribution in [2.75, 3.05) is 6.16 Å². The van der Waals surface area contributed by atoms with Gasteiger partial charge in [0.15, 0.2) is 0 Å². The fourth-order valence-electron chi connectivity index (χ4n) is 0. The molecule has 0 heterocycles. The first-order chi connectivity index (χ1) is 2.27. The van der Waals surface area contributed by atoms with Crippen molar-refractivity contribution in [3.8, 4) is 0 Å². The number of amidine groups is 1. The molecule has 0 bridgehead atoms. The first kappa shape index (κ1) is 4.90. The van der Waals surface area contributed by atoms with E-state index in [1.54, 1.807) is 0 Å². The highest BCUT2D eigenvalue weighted by Gasteiger charge is 1.70. The molecule has 3 heteroatoms. The molecular formula is C2H7N2P. The maximum Gasteiger partial charge on any atom is 0.0944 e. The molecule has 0 fully saturated rings. The lowest BCUT2D eigenvalue weighted by Gasteiger charge is -1.79. The van der Waals surface area contributed by atoms with Crippen LogP contribution in [0.1, 0.15) is 0 Å². The van der Waals surface area contributed by atoms with Crippen LogP contribution in [0.15, 0.2) is 0 Å². The standard InChI is InChI=1S/C2H7N2P/c3-2(4)1-5/h1,5H2,(H3,3,4). The molecule has 0 saturated heterocycles. The number of hydrogen-bond acceptors (Lipinski definition) is 1. The average Bonchev–Trinajstić information content (AvgIpc) is 1.38. The van der Waals surface area contributed by atoms with E-state index in [0.717, 1.165) is 0 Å². The summed E-state index contributed by atoms with van der Waals surface area (Å²) in [5.41, 5.74) is 4.85. The van der Waals surface area contributed by atoms with Gasteiger partial charge in [0.05, 0.1) is 5.84 Å². The Hall–Kier alpha value is -0.100. The Morgan fingerprint density at radius 3 is 2.20 bits per heavy atom. The van der Waals surface area contributed by atoms with Crippen molar-refractivity contribution in [2.24, 2.45) is 5.73 Å². The van der Waals surface area contributed by atoms with Crippen LogP contribution in [0.4, 0.5) is 0 Å². The van der Waals surface area contributed by atoms with Gasteiger partial charge in [-0.3, -0.25) is 5.41 Å². The van der Waals surface area contributed by atoms with Crippen LogP contribution in [0, 0.1) is 5.41 Å². The lowest BCUT2D eigenvalue weighted by atomic mass is 10.7.